The number of benzene rings is 1. The number of unbranched alkanes of at least 4 members (excludes halogenated alkanes) is 1. The van der Waals surface area contributed by atoms with E-state index in [1.54, 1.807) is 0 Å². The third-order valence-corrected chi connectivity index (χ3v) is 7.03. The highest BCUT2D eigenvalue weighted by atomic mass is 32.2. The van der Waals surface area contributed by atoms with Gasteiger partial charge in [0.1, 0.15) is 11.6 Å². The Bertz CT molecular complexity index is 1250. The van der Waals surface area contributed by atoms with E-state index in [-0.39, 0.29) is 47.0 Å². The first kappa shape index (κ1) is 28.1. The molecular formula is C23H31N5O6S. The molecule has 0 bridgehead atoms. The van der Waals surface area contributed by atoms with E-state index >= 15 is 0 Å². The van der Waals surface area contributed by atoms with Crippen molar-refractivity contribution in [2.24, 2.45) is 10.2 Å². The van der Waals surface area contributed by atoms with Gasteiger partial charge in [-0.2, -0.15) is 14.7 Å². The summed E-state index contributed by atoms with van der Waals surface area (Å²) in [6.45, 7) is 6.20. The first-order valence-electron chi connectivity index (χ1n) is 11.2. The molecule has 0 saturated heterocycles. The minimum Gasteiger partial charge on any atom is -0.493 e. The summed E-state index contributed by atoms with van der Waals surface area (Å²) in [7, 11) is -3.99. The van der Waals surface area contributed by atoms with Crippen molar-refractivity contribution < 1.29 is 23.7 Å². The Balaban J connectivity index is 2.41. The SMILES string of the molecule is CCCCn1c(O)c(N=Nc2ccc(S(=O)(=O)N(CC(C)O)CC(C)O)cc2)c(C)c(C#N)c1=O. The lowest BCUT2D eigenvalue weighted by molar-refractivity contribution is 0.125. The fraction of sp³-hybridized carbons (Fsp3) is 0.478. The fourth-order valence-corrected chi connectivity index (χ4v) is 4.98. The second-order valence-corrected chi connectivity index (χ2v) is 10.2. The summed E-state index contributed by atoms with van der Waals surface area (Å²) in [5.41, 5.74) is -0.286. The Labute approximate surface area is 204 Å². The monoisotopic (exact) mass is 505 g/mol. The largest absolute Gasteiger partial charge is 0.493 e. The quantitative estimate of drug-likeness (QED) is 0.394. The van der Waals surface area contributed by atoms with Gasteiger partial charge in [-0.25, -0.2) is 8.42 Å². The maximum Gasteiger partial charge on any atom is 0.271 e. The smallest absolute Gasteiger partial charge is 0.271 e. The van der Waals surface area contributed by atoms with Crippen molar-refractivity contribution in [3.8, 4) is 11.9 Å². The number of aliphatic hydroxyl groups is 2. The van der Waals surface area contributed by atoms with Crippen LogP contribution in [-0.4, -0.2) is 57.9 Å². The number of aromatic nitrogens is 1. The predicted molar refractivity (Wildman–Crippen MR) is 129 cm³/mol. The van der Waals surface area contributed by atoms with Crippen LogP contribution < -0.4 is 5.56 Å². The van der Waals surface area contributed by atoms with Crippen LogP contribution in [0.1, 0.15) is 44.7 Å². The number of hydrogen-bond acceptors (Lipinski definition) is 9. The molecule has 1 aromatic heterocycles. The topological polar surface area (TPSA) is 169 Å². The number of rotatable bonds is 11. The summed E-state index contributed by atoms with van der Waals surface area (Å²) in [6, 6.07) is 7.30. The molecular weight excluding hydrogens is 474 g/mol. The molecule has 35 heavy (non-hydrogen) atoms. The fourth-order valence-electron chi connectivity index (χ4n) is 3.38. The van der Waals surface area contributed by atoms with Crippen LogP contribution in [0.3, 0.4) is 0 Å². The lowest BCUT2D eigenvalue weighted by Gasteiger charge is -2.24. The van der Waals surface area contributed by atoms with Gasteiger partial charge in [0.15, 0.2) is 5.69 Å². The van der Waals surface area contributed by atoms with Crippen LogP contribution >= 0.6 is 0 Å². The molecule has 3 N–H and O–H groups in total. The second-order valence-electron chi connectivity index (χ2n) is 8.31. The molecule has 1 heterocycles. The Hall–Kier alpha value is -3.11. The number of azo groups is 1. The Morgan fingerprint density at radius 2 is 1.69 bits per heavy atom. The molecule has 0 fully saturated rings. The van der Waals surface area contributed by atoms with Crippen molar-refractivity contribution in [1.82, 2.24) is 8.87 Å². The second kappa shape index (κ2) is 12.0. The first-order valence-corrected chi connectivity index (χ1v) is 12.6. The molecule has 0 amide bonds. The maximum absolute atomic E-state index is 13.0. The van der Waals surface area contributed by atoms with Gasteiger partial charge >= 0.3 is 0 Å². The van der Waals surface area contributed by atoms with E-state index in [2.05, 4.69) is 10.2 Å². The molecule has 2 unspecified atom stereocenters. The van der Waals surface area contributed by atoms with Gasteiger partial charge in [0.25, 0.3) is 5.56 Å². The number of sulfonamides is 1. The van der Waals surface area contributed by atoms with E-state index in [1.807, 2.05) is 13.0 Å². The average molecular weight is 506 g/mol. The average Bonchev–Trinajstić information content (AvgIpc) is 2.78. The number of hydrogen-bond donors (Lipinski definition) is 3. The highest BCUT2D eigenvalue weighted by Crippen LogP contribution is 2.32. The minimum atomic E-state index is -3.99. The van der Waals surface area contributed by atoms with Crippen LogP contribution in [-0.2, 0) is 16.6 Å². The van der Waals surface area contributed by atoms with Crippen LogP contribution in [0.4, 0.5) is 11.4 Å². The van der Waals surface area contributed by atoms with Gasteiger partial charge in [0, 0.05) is 25.2 Å². The van der Waals surface area contributed by atoms with Crippen molar-refractivity contribution in [2.45, 2.75) is 64.2 Å². The van der Waals surface area contributed by atoms with Gasteiger partial charge in [-0.05, 0) is 51.5 Å². The van der Waals surface area contributed by atoms with Crippen molar-refractivity contribution >= 4 is 21.4 Å². The van der Waals surface area contributed by atoms with Gasteiger partial charge in [0.05, 0.1) is 22.8 Å². The van der Waals surface area contributed by atoms with Gasteiger partial charge in [0.2, 0.25) is 15.9 Å². The summed E-state index contributed by atoms with van der Waals surface area (Å²) in [6.07, 6.45) is -0.452. The van der Waals surface area contributed by atoms with Crippen molar-refractivity contribution in [1.29, 1.82) is 5.26 Å². The van der Waals surface area contributed by atoms with Crippen LogP contribution in [0.2, 0.25) is 0 Å². The number of aromatic hydroxyl groups is 1. The van der Waals surface area contributed by atoms with Crippen molar-refractivity contribution in [3.63, 3.8) is 0 Å². The Morgan fingerprint density at radius 1 is 1.11 bits per heavy atom. The molecule has 2 atom stereocenters. The zero-order valence-corrected chi connectivity index (χ0v) is 21.0. The highest BCUT2D eigenvalue weighted by Gasteiger charge is 2.27. The molecule has 0 aliphatic heterocycles. The van der Waals surface area contributed by atoms with Gasteiger partial charge in [-0.3, -0.25) is 9.36 Å². The Morgan fingerprint density at radius 3 is 2.17 bits per heavy atom. The first-order chi connectivity index (χ1) is 16.4. The van der Waals surface area contributed by atoms with Crippen LogP contribution in [0, 0.1) is 18.3 Å². The number of nitrogens with zero attached hydrogens (tertiary/aromatic N) is 5. The van der Waals surface area contributed by atoms with Crippen molar-refractivity contribution in [3.05, 3.63) is 45.7 Å². The summed E-state index contributed by atoms with van der Waals surface area (Å²) < 4.78 is 28.0. The van der Waals surface area contributed by atoms with Crippen molar-refractivity contribution in [2.75, 3.05) is 13.1 Å². The minimum absolute atomic E-state index is 0.0195. The van der Waals surface area contributed by atoms with Crippen LogP contribution in [0.5, 0.6) is 5.88 Å². The standard InChI is InChI=1S/C23H31N5O6S/c1-5-6-11-28-22(31)20(12-24)17(4)21(23(28)32)26-25-18-7-9-19(10-8-18)35(33,34)27(13-15(2)29)14-16(3)30/h7-10,15-16,29-30,32H,5-6,11,13-14H2,1-4H3. The summed E-state index contributed by atoms with van der Waals surface area (Å²) in [4.78, 5) is 12.5. The van der Waals surface area contributed by atoms with Gasteiger partial charge in [-0.15, -0.1) is 5.11 Å². The van der Waals surface area contributed by atoms with E-state index in [1.165, 1.54) is 45.0 Å². The normalized spacial score (nSPS) is 13.8. The van der Waals surface area contributed by atoms with E-state index in [0.717, 1.165) is 15.3 Å². The van der Waals surface area contributed by atoms with Gasteiger partial charge < -0.3 is 15.3 Å². The predicted octanol–water partition coefficient (Wildman–Crippen LogP) is 2.70. The lowest BCUT2D eigenvalue weighted by Crippen LogP contribution is -2.40. The molecule has 12 heteroatoms. The van der Waals surface area contributed by atoms with E-state index in [0.29, 0.717) is 6.42 Å². The molecule has 0 aliphatic carbocycles. The highest BCUT2D eigenvalue weighted by molar-refractivity contribution is 7.89. The maximum atomic E-state index is 13.0. The number of aliphatic hydroxyl groups excluding tert-OH is 2. The third kappa shape index (κ3) is 6.73. The van der Waals surface area contributed by atoms with E-state index in [4.69, 9.17) is 0 Å². The summed E-state index contributed by atoms with van der Waals surface area (Å²) >= 11 is 0. The lowest BCUT2D eigenvalue weighted by atomic mass is 10.1. The van der Waals surface area contributed by atoms with Crippen LogP contribution in [0.15, 0.2) is 44.2 Å². The molecule has 0 radical (unpaired) electrons. The van der Waals surface area contributed by atoms with E-state index in [9.17, 15) is 33.8 Å². The number of nitriles is 1. The third-order valence-electron chi connectivity index (χ3n) is 5.18. The van der Waals surface area contributed by atoms with Crippen LogP contribution in [0.25, 0.3) is 0 Å². The molecule has 0 saturated carbocycles. The Kier molecular flexibility index (Phi) is 9.67. The number of pyridine rings is 1. The van der Waals surface area contributed by atoms with Gasteiger partial charge in [-0.1, -0.05) is 13.3 Å². The summed E-state index contributed by atoms with van der Waals surface area (Å²) in [5, 5.41) is 47.4. The zero-order chi connectivity index (χ0) is 26.3. The molecule has 2 rings (SSSR count). The molecule has 2 aromatic rings. The zero-order valence-electron chi connectivity index (χ0n) is 20.2. The molecule has 11 nitrogen and oxygen atoms in total. The molecule has 0 spiro atoms. The molecule has 1 aromatic carbocycles. The van der Waals surface area contributed by atoms with E-state index < -0.39 is 33.7 Å². The molecule has 190 valence electrons. The summed E-state index contributed by atoms with van der Waals surface area (Å²) in [5.74, 6) is -0.394. The molecule has 0 aliphatic rings.